The minimum absolute atomic E-state index is 0.173. The Labute approximate surface area is 90.2 Å². The van der Waals surface area contributed by atoms with E-state index in [1.165, 1.54) is 0 Å². The standard InChI is InChI=1S/C11H26O2Si/c1-8-11(5,6)14(12-7,10(3)4)13-9-2/h10H,8-9H2,1-7H3. The Morgan fingerprint density at radius 3 is 1.93 bits per heavy atom. The predicted octanol–water partition coefficient (Wildman–Crippen LogP) is 3.71. The van der Waals surface area contributed by atoms with E-state index in [1.54, 1.807) is 7.11 Å². The van der Waals surface area contributed by atoms with E-state index >= 15 is 0 Å². The van der Waals surface area contributed by atoms with E-state index in [0.717, 1.165) is 13.0 Å². The first-order valence-electron chi connectivity index (χ1n) is 5.57. The van der Waals surface area contributed by atoms with Gasteiger partial charge in [-0.05, 0) is 18.9 Å². The van der Waals surface area contributed by atoms with Crippen molar-refractivity contribution >= 4 is 8.56 Å². The summed E-state index contributed by atoms with van der Waals surface area (Å²) >= 11 is 0. The molecule has 0 aliphatic carbocycles. The Morgan fingerprint density at radius 2 is 1.71 bits per heavy atom. The van der Waals surface area contributed by atoms with Crippen LogP contribution in [0.25, 0.3) is 0 Å². The highest BCUT2D eigenvalue weighted by molar-refractivity contribution is 6.71. The third-order valence-corrected chi connectivity index (χ3v) is 8.33. The summed E-state index contributed by atoms with van der Waals surface area (Å²) in [5.41, 5.74) is 0.488. The van der Waals surface area contributed by atoms with E-state index in [2.05, 4.69) is 41.5 Å². The number of rotatable bonds is 6. The van der Waals surface area contributed by atoms with Crippen molar-refractivity contribution in [3.63, 3.8) is 0 Å². The summed E-state index contributed by atoms with van der Waals surface area (Å²) in [6.45, 7) is 14.0. The van der Waals surface area contributed by atoms with Gasteiger partial charge in [0.15, 0.2) is 0 Å². The van der Waals surface area contributed by atoms with Gasteiger partial charge in [-0.2, -0.15) is 0 Å². The summed E-state index contributed by atoms with van der Waals surface area (Å²) in [6.07, 6.45) is 1.10. The molecule has 1 unspecified atom stereocenters. The van der Waals surface area contributed by atoms with Gasteiger partial charge in [-0.25, -0.2) is 0 Å². The molecule has 0 N–H and O–H groups in total. The molecular weight excluding hydrogens is 192 g/mol. The lowest BCUT2D eigenvalue weighted by Crippen LogP contribution is -2.53. The molecule has 0 aromatic heterocycles. The molecular formula is C11H26O2Si. The largest absolute Gasteiger partial charge is 0.397 e. The Balaban J connectivity index is 5.02. The van der Waals surface area contributed by atoms with Crippen molar-refractivity contribution in [1.29, 1.82) is 0 Å². The summed E-state index contributed by atoms with van der Waals surface area (Å²) in [7, 11) is -0.270. The number of hydrogen-bond donors (Lipinski definition) is 0. The van der Waals surface area contributed by atoms with Crippen molar-refractivity contribution in [2.75, 3.05) is 13.7 Å². The second-order valence-corrected chi connectivity index (χ2v) is 9.24. The van der Waals surface area contributed by atoms with Crippen LogP contribution in [0.2, 0.25) is 10.6 Å². The fourth-order valence-electron chi connectivity index (χ4n) is 2.18. The van der Waals surface area contributed by atoms with Crippen LogP contribution >= 0.6 is 0 Å². The Morgan fingerprint density at radius 1 is 1.21 bits per heavy atom. The van der Waals surface area contributed by atoms with Gasteiger partial charge in [0.1, 0.15) is 0 Å². The first-order chi connectivity index (χ1) is 6.38. The average Bonchev–Trinajstić information content (AvgIpc) is 2.13. The minimum atomic E-state index is -2.07. The van der Waals surface area contributed by atoms with Crippen LogP contribution < -0.4 is 0 Å². The fraction of sp³-hybridized carbons (Fsp3) is 1.00. The zero-order chi connectivity index (χ0) is 11.4. The molecule has 0 bridgehead atoms. The molecule has 0 aromatic carbocycles. The molecule has 0 spiro atoms. The van der Waals surface area contributed by atoms with Gasteiger partial charge >= 0.3 is 8.56 Å². The van der Waals surface area contributed by atoms with Crippen molar-refractivity contribution in [2.45, 2.75) is 58.5 Å². The monoisotopic (exact) mass is 218 g/mol. The molecule has 0 heterocycles. The normalized spacial score (nSPS) is 17.1. The van der Waals surface area contributed by atoms with E-state index in [1.807, 2.05) is 0 Å². The van der Waals surface area contributed by atoms with E-state index in [9.17, 15) is 0 Å². The van der Waals surface area contributed by atoms with Crippen molar-refractivity contribution in [3.05, 3.63) is 0 Å². The summed E-state index contributed by atoms with van der Waals surface area (Å²) in [5.74, 6) is 0. The van der Waals surface area contributed by atoms with Gasteiger partial charge in [0, 0.05) is 18.8 Å². The van der Waals surface area contributed by atoms with Crippen LogP contribution in [0.1, 0.15) is 48.0 Å². The first-order valence-corrected chi connectivity index (χ1v) is 7.46. The van der Waals surface area contributed by atoms with Gasteiger partial charge in [0.25, 0.3) is 0 Å². The lowest BCUT2D eigenvalue weighted by Gasteiger charge is -2.44. The Hall–Kier alpha value is 0.137. The van der Waals surface area contributed by atoms with Gasteiger partial charge < -0.3 is 8.85 Å². The maximum Gasteiger partial charge on any atom is 0.346 e. The van der Waals surface area contributed by atoms with Crippen molar-refractivity contribution in [3.8, 4) is 0 Å². The van der Waals surface area contributed by atoms with Crippen LogP contribution in [0, 0.1) is 0 Å². The lowest BCUT2D eigenvalue weighted by atomic mass is 10.1. The molecule has 0 fully saturated rings. The second-order valence-electron chi connectivity index (χ2n) is 4.70. The molecule has 0 aliphatic heterocycles. The van der Waals surface area contributed by atoms with E-state index in [0.29, 0.717) is 5.54 Å². The van der Waals surface area contributed by atoms with Gasteiger partial charge in [-0.1, -0.05) is 34.6 Å². The topological polar surface area (TPSA) is 18.5 Å². The summed E-state index contributed by atoms with van der Waals surface area (Å²) in [5, 5.41) is 0.173. The molecule has 3 heteroatoms. The third kappa shape index (κ3) is 2.38. The van der Waals surface area contributed by atoms with Gasteiger partial charge in [0.05, 0.1) is 0 Å². The molecule has 0 radical (unpaired) electrons. The molecule has 14 heavy (non-hydrogen) atoms. The average molecular weight is 218 g/mol. The van der Waals surface area contributed by atoms with Crippen LogP contribution in [0.15, 0.2) is 0 Å². The van der Waals surface area contributed by atoms with Gasteiger partial charge in [-0.15, -0.1) is 0 Å². The highest BCUT2D eigenvalue weighted by Gasteiger charge is 2.52. The third-order valence-electron chi connectivity index (χ3n) is 3.25. The zero-order valence-electron chi connectivity index (χ0n) is 10.8. The van der Waals surface area contributed by atoms with Crippen molar-refractivity contribution < 1.29 is 8.85 Å². The van der Waals surface area contributed by atoms with Crippen LogP contribution in [-0.4, -0.2) is 22.3 Å². The van der Waals surface area contributed by atoms with Crippen LogP contribution in [0.5, 0.6) is 0 Å². The van der Waals surface area contributed by atoms with Crippen molar-refractivity contribution in [2.24, 2.45) is 0 Å². The fourth-order valence-corrected chi connectivity index (χ4v) is 6.53. The first kappa shape index (κ1) is 14.1. The highest BCUT2D eigenvalue weighted by atomic mass is 28.4. The van der Waals surface area contributed by atoms with E-state index < -0.39 is 8.56 Å². The quantitative estimate of drug-likeness (QED) is 0.633. The molecule has 0 saturated heterocycles. The maximum atomic E-state index is 6.01. The second kappa shape index (κ2) is 5.28. The molecule has 1 atom stereocenters. The molecule has 86 valence electrons. The molecule has 0 amide bonds. The number of hydrogen-bond acceptors (Lipinski definition) is 2. The Kier molecular flexibility index (Phi) is 5.34. The highest BCUT2D eigenvalue weighted by Crippen LogP contribution is 2.47. The molecule has 0 rings (SSSR count). The SMILES string of the molecule is CCO[Si](OC)(C(C)C)C(C)(C)CC. The maximum absolute atomic E-state index is 6.01. The van der Waals surface area contributed by atoms with Gasteiger partial charge in [0.2, 0.25) is 0 Å². The molecule has 0 aromatic rings. The van der Waals surface area contributed by atoms with E-state index in [4.69, 9.17) is 8.85 Å². The zero-order valence-corrected chi connectivity index (χ0v) is 11.8. The van der Waals surface area contributed by atoms with Crippen molar-refractivity contribution in [1.82, 2.24) is 0 Å². The van der Waals surface area contributed by atoms with Gasteiger partial charge in [-0.3, -0.25) is 0 Å². The smallest absolute Gasteiger partial charge is 0.346 e. The molecule has 0 saturated carbocycles. The minimum Gasteiger partial charge on any atom is -0.397 e. The summed E-state index contributed by atoms with van der Waals surface area (Å²) < 4.78 is 11.8. The summed E-state index contributed by atoms with van der Waals surface area (Å²) in [4.78, 5) is 0. The summed E-state index contributed by atoms with van der Waals surface area (Å²) in [6, 6.07) is 0. The van der Waals surface area contributed by atoms with Crippen LogP contribution in [0.4, 0.5) is 0 Å². The van der Waals surface area contributed by atoms with Crippen LogP contribution in [-0.2, 0) is 8.85 Å². The molecule has 2 nitrogen and oxygen atoms in total. The Bertz CT molecular complexity index is 169. The lowest BCUT2D eigenvalue weighted by molar-refractivity contribution is 0.171. The van der Waals surface area contributed by atoms with E-state index in [-0.39, 0.29) is 5.04 Å². The predicted molar refractivity (Wildman–Crippen MR) is 63.8 cm³/mol. The van der Waals surface area contributed by atoms with Crippen LogP contribution in [0.3, 0.4) is 0 Å². The molecule has 0 aliphatic rings.